The van der Waals surface area contributed by atoms with E-state index in [1.165, 1.54) is 51.4 Å². The Morgan fingerprint density at radius 1 is 0.615 bits per heavy atom. The van der Waals surface area contributed by atoms with Crippen LogP contribution in [0, 0.1) is 0 Å². The van der Waals surface area contributed by atoms with Gasteiger partial charge in [0.05, 0.1) is 0 Å². The highest BCUT2D eigenvalue weighted by molar-refractivity contribution is 4.71. The van der Waals surface area contributed by atoms with Gasteiger partial charge in [0.2, 0.25) is 0 Å². The minimum Gasteiger partial charge on any atom is -0.328 e. The van der Waals surface area contributed by atoms with Crippen LogP contribution in [0.3, 0.4) is 0 Å². The maximum absolute atomic E-state index is 5.99. The highest BCUT2D eigenvalue weighted by Gasteiger charge is 2.10. The minimum absolute atomic E-state index is 0.355. The highest BCUT2D eigenvalue weighted by Crippen LogP contribution is 2.15. The van der Waals surface area contributed by atoms with Gasteiger partial charge < -0.3 is 11.5 Å². The first kappa shape index (κ1) is 11.0. The zero-order valence-corrected chi connectivity index (χ0v) is 8.67. The number of nitrogens with two attached hydrogens (primary N) is 2. The van der Waals surface area contributed by atoms with Crippen LogP contribution >= 0.6 is 0 Å². The summed E-state index contributed by atoms with van der Waals surface area (Å²) in [6.07, 6.45) is 11.5. The van der Waals surface area contributed by atoms with Crippen molar-refractivity contribution >= 4 is 0 Å². The lowest BCUT2D eigenvalue weighted by atomic mass is 10.0. The van der Waals surface area contributed by atoms with E-state index < -0.39 is 0 Å². The van der Waals surface area contributed by atoms with E-state index in [1.54, 1.807) is 0 Å². The summed E-state index contributed by atoms with van der Waals surface area (Å²) in [5.74, 6) is 0. The summed E-state index contributed by atoms with van der Waals surface area (Å²) in [7, 11) is 0. The summed E-state index contributed by atoms with van der Waals surface area (Å²) in [6.45, 7) is 0. The summed E-state index contributed by atoms with van der Waals surface area (Å²) in [5.41, 5.74) is 12.0. The molecule has 1 rings (SSSR count). The van der Waals surface area contributed by atoms with Gasteiger partial charge in [0.15, 0.2) is 0 Å². The van der Waals surface area contributed by atoms with E-state index in [9.17, 15) is 0 Å². The first-order chi connectivity index (χ1) is 6.29. The van der Waals surface area contributed by atoms with E-state index in [0.29, 0.717) is 12.1 Å². The fourth-order valence-corrected chi connectivity index (χ4v) is 2.14. The van der Waals surface area contributed by atoms with Gasteiger partial charge in [-0.25, -0.2) is 0 Å². The molecule has 0 saturated heterocycles. The molecule has 2 nitrogen and oxygen atoms in total. The van der Waals surface area contributed by atoms with Gasteiger partial charge >= 0.3 is 0 Å². The Labute approximate surface area is 82.1 Å². The topological polar surface area (TPSA) is 52.0 Å². The van der Waals surface area contributed by atoms with Crippen LogP contribution in [0.4, 0.5) is 0 Å². The second-order valence-corrected chi connectivity index (χ2v) is 4.45. The Bertz CT molecular complexity index is 111. The lowest BCUT2D eigenvalue weighted by molar-refractivity contribution is 0.462. The maximum atomic E-state index is 5.99. The molecule has 4 N–H and O–H groups in total. The van der Waals surface area contributed by atoms with Crippen molar-refractivity contribution < 1.29 is 0 Å². The zero-order chi connectivity index (χ0) is 9.52. The van der Waals surface area contributed by atoms with Crippen molar-refractivity contribution in [2.45, 2.75) is 69.9 Å². The lowest BCUT2D eigenvalue weighted by Gasteiger charge is -2.16. The molecule has 0 spiro atoms. The normalized spacial score (nSPS) is 33.7. The molecular formula is C11H24N2. The van der Waals surface area contributed by atoms with Gasteiger partial charge in [-0.05, 0) is 19.3 Å². The van der Waals surface area contributed by atoms with Gasteiger partial charge in [0.1, 0.15) is 0 Å². The average molecular weight is 184 g/mol. The number of hydrogen-bond acceptors (Lipinski definition) is 2. The Hall–Kier alpha value is -0.0800. The van der Waals surface area contributed by atoms with Crippen molar-refractivity contribution in [1.29, 1.82) is 0 Å². The third-order valence-electron chi connectivity index (χ3n) is 3.01. The summed E-state index contributed by atoms with van der Waals surface area (Å²) in [5, 5.41) is 0. The largest absolute Gasteiger partial charge is 0.328 e. The smallest absolute Gasteiger partial charge is 0.00535 e. The SMILES string of the molecule is NC1CCCCCCCCC(N)C1. The summed E-state index contributed by atoms with van der Waals surface area (Å²) < 4.78 is 0. The van der Waals surface area contributed by atoms with Gasteiger partial charge in [-0.3, -0.25) is 0 Å². The monoisotopic (exact) mass is 184 g/mol. The molecule has 13 heavy (non-hydrogen) atoms. The van der Waals surface area contributed by atoms with E-state index >= 15 is 0 Å². The molecule has 0 amide bonds. The summed E-state index contributed by atoms with van der Waals surface area (Å²) in [6, 6.07) is 0.709. The zero-order valence-electron chi connectivity index (χ0n) is 8.67. The predicted octanol–water partition coefficient (Wildman–Crippen LogP) is 2.17. The Morgan fingerprint density at radius 2 is 1.00 bits per heavy atom. The minimum atomic E-state index is 0.355. The van der Waals surface area contributed by atoms with E-state index in [4.69, 9.17) is 11.5 Å². The van der Waals surface area contributed by atoms with Crippen molar-refractivity contribution in [2.24, 2.45) is 11.5 Å². The first-order valence-electron chi connectivity index (χ1n) is 5.80. The molecule has 78 valence electrons. The van der Waals surface area contributed by atoms with Crippen molar-refractivity contribution in [3.05, 3.63) is 0 Å². The molecular weight excluding hydrogens is 160 g/mol. The van der Waals surface area contributed by atoms with Gasteiger partial charge in [0, 0.05) is 12.1 Å². The van der Waals surface area contributed by atoms with Crippen LogP contribution in [-0.4, -0.2) is 12.1 Å². The van der Waals surface area contributed by atoms with Crippen molar-refractivity contribution in [3.8, 4) is 0 Å². The summed E-state index contributed by atoms with van der Waals surface area (Å²) >= 11 is 0. The second kappa shape index (κ2) is 6.39. The van der Waals surface area contributed by atoms with Crippen molar-refractivity contribution in [1.82, 2.24) is 0 Å². The molecule has 2 atom stereocenters. The van der Waals surface area contributed by atoms with Gasteiger partial charge in [-0.1, -0.05) is 38.5 Å². The fourth-order valence-electron chi connectivity index (χ4n) is 2.14. The quantitative estimate of drug-likeness (QED) is 0.606. The molecule has 0 bridgehead atoms. The highest BCUT2D eigenvalue weighted by atomic mass is 14.7. The van der Waals surface area contributed by atoms with Gasteiger partial charge in [-0.15, -0.1) is 0 Å². The van der Waals surface area contributed by atoms with Gasteiger partial charge in [0.25, 0.3) is 0 Å². The maximum Gasteiger partial charge on any atom is 0.00535 e. The average Bonchev–Trinajstić information content (AvgIpc) is 2.11. The molecule has 1 aliphatic carbocycles. The molecule has 1 fully saturated rings. The first-order valence-corrected chi connectivity index (χ1v) is 5.80. The number of rotatable bonds is 0. The molecule has 2 heteroatoms. The summed E-state index contributed by atoms with van der Waals surface area (Å²) in [4.78, 5) is 0. The Morgan fingerprint density at radius 3 is 1.46 bits per heavy atom. The Kier molecular flexibility index (Phi) is 5.40. The van der Waals surface area contributed by atoms with Gasteiger partial charge in [-0.2, -0.15) is 0 Å². The van der Waals surface area contributed by atoms with E-state index in [-0.39, 0.29) is 0 Å². The lowest BCUT2D eigenvalue weighted by Crippen LogP contribution is -2.31. The number of hydrogen-bond donors (Lipinski definition) is 2. The van der Waals surface area contributed by atoms with E-state index in [0.717, 1.165) is 6.42 Å². The molecule has 2 unspecified atom stereocenters. The second-order valence-electron chi connectivity index (χ2n) is 4.45. The van der Waals surface area contributed by atoms with Crippen LogP contribution in [0.5, 0.6) is 0 Å². The van der Waals surface area contributed by atoms with Crippen LogP contribution in [-0.2, 0) is 0 Å². The molecule has 0 heterocycles. The van der Waals surface area contributed by atoms with Crippen LogP contribution < -0.4 is 11.5 Å². The van der Waals surface area contributed by atoms with Crippen molar-refractivity contribution in [3.63, 3.8) is 0 Å². The third kappa shape index (κ3) is 5.27. The van der Waals surface area contributed by atoms with E-state index in [2.05, 4.69) is 0 Å². The van der Waals surface area contributed by atoms with Crippen LogP contribution in [0.2, 0.25) is 0 Å². The molecule has 0 aromatic rings. The third-order valence-corrected chi connectivity index (χ3v) is 3.01. The Balaban J connectivity index is 2.25. The molecule has 1 saturated carbocycles. The van der Waals surface area contributed by atoms with Crippen LogP contribution in [0.1, 0.15) is 57.8 Å². The predicted molar refractivity (Wildman–Crippen MR) is 57.5 cm³/mol. The molecule has 1 aliphatic rings. The fraction of sp³-hybridized carbons (Fsp3) is 1.00. The van der Waals surface area contributed by atoms with Crippen LogP contribution in [0.15, 0.2) is 0 Å². The molecule has 0 aliphatic heterocycles. The van der Waals surface area contributed by atoms with E-state index in [1.807, 2.05) is 0 Å². The standard InChI is InChI=1S/C11H24N2/c12-10-7-5-3-1-2-4-6-8-11(13)9-10/h10-11H,1-9,12-13H2. The van der Waals surface area contributed by atoms with Crippen LogP contribution in [0.25, 0.3) is 0 Å². The molecule has 0 aromatic carbocycles. The van der Waals surface area contributed by atoms with Crippen molar-refractivity contribution in [2.75, 3.05) is 0 Å². The molecule has 0 aromatic heterocycles. The molecule has 0 radical (unpaired) electrons.